The molecule has 0 saturated heterocycles. The lowest BCUT2D eigenvalue weighted by Crippen LogP contribution is -2.15. The maximum Gasteiger partial charge on any atom is 0.163 e. The van der Waals surface area contributed by atoms with Gasteiger partial charge in [-0.05, 0) is 39.3 Å². The number of unbranched alkanes of at least 4 members (excludes halogenated alkanes) is 3. The fraction of sp³-hybridized carbons (Fsp3) is 0.667. The van der Waals surface area contributed by atoms with E-state index in [2.05, 4.69) is 25.2 Å². The molecule has 21 heavy (non-hydrogen) atoms. The third-order valence-corrected chi connectivity index (χ3v) is 3.45. The molecule has 0 fully saturated rings. The van der Waals surface area contributed by atoms with Crippen LogP contribution in [0.4, 0.5) is 5.69 Å². The largest absolute Gasteiger partial charge is 0.490 e. The van der Waals surface area contributed by atoms with Crippen LogP contribution in [0.25, 0.3) is 0 Å². The molecule has 1 N–H and O–H groups in total. The second-order valence-electron chi connectivity index (χ2n) is 5.42. The van der Waals surface area contributed by atoms with Gasteiger partial charge in [-0.25, -0.2) is 0 Å². The van der Waals surface area contributed by atoms with Crippen LogP contribution in [-0.4, -0.2) is 19.3 Å². The van der Waals surface area contributed by atoms with Crippen LogP contribution < -0.4 is 14.8 Å². The van der Waals surface area contributed by atoms with Crippen molar-refractivity contribution >= 4 is 5.69 Å². The summed E-state index contributed by atoms with van der Waals surface area (Å²) in [6.07, 6.45) is 6.45. The Bertz CT molecular complexity index is 393. The van der Waals surface area contributed by atoms with Crippen molar-refractivity contribution in [2.24, 2.45) is 0 Å². The van der Waals surface area contributed by atoms with E-state index in [0.29, 0.717) is 19.3 Å². The maximum absolute atomic E-state index is 5.66. The predicted octanol–water partition coefficient (Wildman–Crippen LogP) is 5.25. The van der Waals surface area contributed by atoms with Gasteiger partial charge in [-0.15, -0.1) is 0 Å². The van der Waals surface area contributed by atoms with Gasteiger partial charge in [0, 0.05) is 17.8 Å². The minimum atomic E-state index is 0.481. The van der Waals surface area contributed by atoms with Crippen LogP contribution in [0.1, 0.15) is 59.8 Å². The fourth-order valence-corrected chi connectivity index (χ4v) is 2.37. The van der Waals surface area contributed by atoms with Gasteiger partial charge in [-0.2, -0.15) is 0 Å². The van der Waals surface area contributed by atoms with Crippen molar-refractivity contribution < 1.29 is 9.47 Å². The first kappa shape index (κ1) is 17.7. The highest BCUT2D eigenvalue weighted by Crippen LogP contribution is 2.31. The molecule has 0 aromatic heterocycles. The van der Waals surface area contributed by atoms with E-state index in [1.54, 1.807) is 0 Å². The molecule has 120 valence electrons. The highest BCUT2D eigenvalue weighted by molar-refractivity contribution is 5.55. The lowest BCUT2D eigenvalue weighted by Gasteiger charge is -2.17. The van der Waals surface area contributed by atoms with Crippen molar-refractivity contribution in [2.45, 2.75) is 65.8 Å². The Morgan fingerprint density at radius 3 is 2.33 bits per heavy atom. The Morgan fingerprint density at radius 2 is 1.67 bits per heavy atom. The zero-order valence-corrected chi connectivity index (χ0v) is 14.1. The van der Waals surface area contributed by atoms with Gasteiger partial charge in [-0.3, -0.25) is 0 Å². The topological polar surface area (TPSA) is 30.5 Å². The zero-order chi connectivity index (χ0) is 15.5. The molecule has 0 aliphatic heterocycles. The molecule has 0 radical (unpaired) electrons. The number of hydrogen-bond acceptors (Lipinski definition) is 3. The van der Waals surface area contributed by atoms with E-state index < -0.39 is 0 Å². The molecule has 1 atom stereocenters. The van der Waals surface area contributed by atoms with E-state index in [-0.39, 0.29) is 0 Å². The normalized spacial score (nSPS) is 12.0. The monoisotopic (exact) mass is 293 g/mol. The molecule has 0 aliphatic rings. The highest BCUT2D eigenvalue weighted by Gasteiger charge is 2.08. The fourth-order valence-electron chi connectivity index (χ4n) is 2.37. The van der Waals surface area contributed by atoms with Gasteiger partial charge < -0.3 is 14.8 Å². The molecule has 0 bridgehead atoms. The van der Waals surface area contributed by atoms with Crippen LogP contribution in [-0.2, 0) is 0 Å². The standard InChI is InChI=1S/C18H31NO2/c1-5-8-9-10-11-15(4)19-16-12-13-17(20-6-2)18(14-16)21-7-3/h12-15,19H,5-11H2,1-4H3. The molecule has 0 spiro atoms. The lowest BCUT2D eigenvalue weighted by atomic mass is 10.1. The van der Waals surface area contributed by atoms with Crippen LogP contribution in [0, 0.1) is 0 Å². The molecule has 1 unspecified atom stereocenters. The average molecular weight is 293 g/mol. The second-order valence-corrected chi connectivity index (χ2v) is 5.42. The van der Waals surface area contributed by atoms with Crippen molar-refractivity contribution in [2.75, 3.05) is 18.5 Å². The number of ether oxygens (including phenoxy) is 2. The number of rotatable bonds is 11. The van der Waals surface area contributed by atoms with Crippen LogP contribution in [0.5, 0.6) is 11.5 Å². The molecule has 3 nitrogen and oxygen atoms in total. The van der Waals surface area contributed by atoms with Crippen molar-refractivity contribution in [3.63, 3.8) is 0 Å². The molecule has 1 aromatic carbocycles. The Morgan fingerprint density at radius 1 is 0.952 bits per heavy atom. The van der Waals surface area contributed by atoms with Gasteiger partial charge in [0.1, 0.15) is 0 Å². The van der Waals surface area contributed by atoms with E-state index >= 15 is 0 Å². The molecular weight excluding hydrogens is 262 g/mol. The molecule has 1 rings (SSSR count). The summed E-state index contributed by atoms with van der Waals surface area (Å²) in [6, 6.07) is 6.57. The summed E-state index contributed by atoms with van der Waals surface area (Å²) in [5.41, 5.74) is 1.10. The first-order valence-electron chi connectivity index (χ1n) is 8.37. The summed E-state index contributed by atoms with van der Waals surface area (Å²) in [5.74, 6) is 1.64. The SMILES string of the molecule is CCCCCCC(C)Nc1ccc(OCC)c(OCC)c1. The number of hydrogen-bond donors (Lipinski definition) is 1. The smallest absolute Gasteiger partial charge is 0.163 e. The van der Waals surface area contributed by atoms with E-state index in [4.69, 9.17) is 9.47 Å². The molecule has 0 saturated carbocycles. The second kappa shape index (κ2) is 10.4. The molecule has 0 aliphatic carbocycles. The number of nitrogens with one attached hydrogen (secondary N) is 1. The van der Waals surface area contributed by atoms with Crippen LogP contribution in [0.15, 0.2) is 18.2 Å². The highest BCUT2D eigenvalue weighted by atomic mass is 16.5. The summed E-state index contributed by atoms with van der Waals surface area (Å²) < 4.78 is 11.2. The van der Waals surface area contributed by atoms with Crippen molar-refractivity contribution in [1.82, 2.24) is 0 Å². The molecule has 0 heterocycles. The van der Waals surface area contributed by atoms with Crippen LogP contribution in [0.2, 0.25) is 0 Å². The van der Waals surface area contributed by atoms with Crippen molar-refractivity contribution in [1.29, 1.82) is 0 Å². The van der Waals surface area contributed by atoms with Gasteiger partial charge in [0.25, 0.3) is 0 Å². The van der Waals surface area contributed by atoms with Crippen molar-refractivity contribution in [3.8, 4) is 11.5 Å². The van der Waals surface area contributed by atoms with Crippen molar-refractivity contribution in [3.05, 3.63) is 18.2 Å². The maximum atomic E-state index is 5.66. The molecule has 1 aromatic rings. The Balaban J connectivity index is 2.55. The molecular formula is C18H31NO2. The van der Waals surface area contributed by atoms with Gasteiger partial charge in [0.2, 0.25) is 0 Å². The van der Waals surface area contributed by atoms with Gasteiger partial charge >= 0.3 is 0 Å². The Hall–Kier alpha value is -1.38. The van der Waals surface area contributed by atoms with E-state index in [0.717, 1.165) is 17.2 Å². The third kappa shape index (κ3) is 6.74. The first-order chi connectivity index (χ1) is 10.2. The Labute approximate surface area is 130 Å². The number of anilines is 1. The van der Waals surface area contributed by atoms with E-state index in [9.17, 15) is 0 Å². The van der Waals surface area contributed by atoms with E-state index in [1.165, 1.54) is 32.1 Å². The minimum Gasteiger partial charge on any atom is -0.490 e. The predicted molar refractivity (Wildman–Crippen MR) is 90.6 cm³/mol. The van der Waals surface area contributed by atoms with E-state index in [1.807, 2.05) is 26.0 Å². The summed E-state index contributed by atoms with van der Waals surface area (Å²) in [4.78, 5) is 0. The molecule has 0 amide bonds. The minimum absolute atomic E-state index is 0.481. The summed E-state index contributed by atoms with van der Waals surface area (Å²) >= 11 is 0. The van der Waals surface area contributed by atoms with Crippen LogP contribution >= 0.6 is 0 Å². The average Bonchev–Trinajstić information content (AvgIpc) is 2.47. The van der Waals surface area contributed by atoms with Gasteiger partial charge in [-0.1, -0.05) is 32.6 Å². The quantitative estimate of drug-likeness (QED) is 0.565. The lowest BCUT2D eigenvalue weighted by molar-refractivity contribution is 0.288. The summed E-state index contributed by atoms with van der Waals surface area (Å²) in [6.45, 7) is 9.77. The van der Waals surface area contributed by atoms with Gasteiger partial charge in [0.15, 0.2) is 11.5 Å². The molecule has 3 heteroatoms. The summed E-state index contributed by atoms with van der Waals surface area (Å²) in [5, 5.41) is 3.55. The van der Waals surface area contributed by atoms with Gasteiger partial charge in [0.05, 0.1) is 13.2 Å². The Kier molecular flexibility index (Phi) is 8.72. The number of benzene rings is 1. The third-order valence-electron chi connectivity index (χ3n) is 3.45. The summed E-state index contributed by atoms with van der Waals surface area (Å²) in [7, 11) is 0. The first-order valence-corrected chi connectivity index (χ1v) is 8.37. The zero-order valence-electron chi connectivity index (χ0n) is 14.1. The van der Waals surface area contributed by atoms with Crippen LogP contribution in [0.3, 0.4) is 0 Å².